The van der Waals surface area contributed by atoms with Gasteiger partial charge in [0.25, 0.3) is 15.0 Å². The van der Waals surface area contributed by atoms with Crippen LogP contribution in [0.5, 0.6) is 5.75 Å². The van der Waals surface area contributed by atoms with E-state index in [0.717, 1.165) is 0 Å². The van der Waals surface area contributed by atoms with Gasteiger partial charge in [0.15, 0.2) is 0 Å². The zero-order chi connectivity index (χ0) is 17.0. The predicted octanol–water partition coefficient (Wildman–Crippen LogP) is 3.21. The van der Waals surface area contributed by atoms with E-state index in [-0.39, 0.29) is 17.3 Å². The van der Waals surface area contributed by atoms with Crippen LogP contribution < -0.4 is 10.1 Å². The molecule has 2 rings (SSSR count). The Bertz CT molecular complexity index is 837. The molecule has 0 saturated carbocycles. The zero-order valence-corrected chi connectivity index (χ0v) is 14.4. The number of benzene rings is 2. The Balaban J connectivity index is 2.23. The Kier molecular flexibility index (Phi) is 5.51. The Morgan fingerprint density at radius 1 is 1.22 bits per heavy atom. The number of ether oxygens (including phenoxy) is 1. The molecule has 23 heavy (non-hydrogen) atoms. The first-order valence-corrected chi connectivity index (χ1v) is 9.16. The van der Waals surface area contributed by atoms with Crippen LogP contribution in [0, 0.1) is 0 Å². The number of amides is 1. The molecule has 0 atom stereocenters. The van der Waals surface area contributed by atoms with Crippen molar-refractivity contribution in [1.29, 1.82) is 0 Å². The summed E-state index contributed by atoms with van der Waals surface area (Å²) in [6, 6.07) is 10.8. The molecule has 0 aliphatic heterocycles. The lowest BCUT2D eigenvalue weighted by molar-refractivity contribution is 0.0951. The number of hydrogen-bond donors (Lipinski definition) is 1. The summed E-state index contributed by atoms with van der Waals surface area (Å²) >= 11 is 5.96. The lowest BCUT2D eigenvalue weighted by Crippen LogP contribution is -2.23. The van der Waals surface area contributed by atoms with Crippen molar-refractivity contribution < 1.29 is 17.9 Å². The number of nitrogens with one attached hydrogen (secondary N) is 1. The number of carbonyl (C=O) groups is 1. The predicted molar refractivity (Wildman–Crippen MR) is 88.7 cm³/mol. The minimum absolute atomic E-state index is 0.0630. The van der Waals surface area contributed by atoms with Crippen LogP contribution in [-0.4, -0.2) is 21.4 Å². The summed E-state index contributed by atoms with van der Waals surface area (Å²) in [5.74, 6) is 0.0605. The van der Waals surface area contributed by atoms with Gasteiger partial charge >= 0.3 is 0 Å². The quantitative estimate of drug-likeness (QED) is 0.816. The van der Waals surface area contributed by atoms with Crippen LogP contribution in [-0.2, 0) is 15.6 Å². The molecule has 0 fully saturated rings. The molecule has 8 heteroatoms. The van der Waals surface area contributed by atoms with E-state index in [1.54, 1.807) is 24.3 Å². The molecule has 0 aliphatic carbocycles. The molecule has 0 aliphatic rings. The minimum atomic E-state index is -3.86. The molecular weight excluding hydrogens is 361 g/mol. The lowest BCUT2D eigenvalue weighted by atomic mass is 10.1. The molecule has 2 aromatic rings. The summed E-state index contributed by atoms with van der Waals surface area (Å²) in [5.41, 5.74) is 0.809. The topological polar surface area (TPSA) is 72.5 Å². The van der Waals surface area contributed by atoms with Crippen LogP contribution in [0.15, 0.2) is 47.4 Å². The lowest BCUT2D eigenvalue weighted by Gasteiger charge is -2.11. The van der Waals surface area contributed by atoms with E-state index in [1.165, 1.54) is 25.3 Å². The highest BCUT2D eigenvalue weighted by Crippen LogP contribution is 2.24. The maximum absolute atomic E-state index is 12.1. The maximum Gasteiger partial charge on any atom is 0.261 e. The summed E-state index contributed by atoms with van der Waals surface area (Å²) in [4.78, 5) is 12.1. The van der Waals surface area contributed by atoms with Crippen LogP contribution in [0.2, 0.25) is 5.02 Å². The van der Waals surface area contributed by atoms with Crippen molar-refractivity contribution in [3.05, 3.63) is 58.6 Å². The summed E-state index contributed by atoms with van der Waals surface area (Å²) in [7, 11) is 2.92. The second kappa shape index (κ2) is 7.21. The third-order valence-electron chi connectivity index (χ3n) is 3.09. The van der Waals surface area contributed by atoms with Crippen LogP contribution in [0.1, 0.15) is 15.9 Å². The number of halogens is 2. The Morgan fingerprint density at radius 2 is 1.91 bits per heavy atom. The van der Waals surface area contributed by atoms with E-state index >= 15 is 0 Å². The van der Waals surface area contributed by atoms with Crippen molar-refractivity contribution in [1.82, 2.24) is 5.32 Å². The second-order valence-electron chi connectivity index (χ2n) is 4.57. The number of methoxy groups -OCH3 is 1. The number of hydrogen-bond acceptors (Lipinski definition) is 4. The number of carbonyl (C=O) groups excluding carboxylic acids is 1. The smallest absolute Gasteiger partial charge is 0.261 e. The van der Waals surface area contributed by atoms with Gasteiger partial charge in [0.2, 0.25) is 0 Å². The molecule has 0 aromatic heterocycles. The molecule has 0 unspecified atom stereocenters. The van der Waals surface area contributed by atoms with Crippen LogP contribution >= 0.6 is 22.3 Å². The Hall–Kier alpha value is -1.76. The summed E-state index contributed by atoms with van der Waals surface area (Å²) in [6.07, 6.45) is 0. The van der Waals surface area contributed by atoms with Crippen molar-refractivity contribution in [2.24, 2.45) is 0 Å². The average molecular weight is 374 g/mol. The van der Waals surface area contributed by atoms with Gasteiger partial charge in [-0.15, -0.1) is 0 Å². The van der Waals surface area contributed by atoms with Gasteiger partial charge in [0.05, 0.1) is 22.6 Å². The molecular formula is C15H13Cl2NO4S. The molecule has 0 saturated heterocycles. The summed E-state index contributed by atoms with van der Waals surface area (Å²) in [5, 5.41) is 3.00. The highest BCUT2D eigenvalue weighted by atomic mass is 35.7. The van der Waals surface area contributed by atoms with Gasteiger partial charge in [-0.1, -0.05) is 23.7 Å². The van der Waals surface area contributed by atoms with Gasteiger partial charge in [0.1, 0.15) is 5.75 Å². The van der Waals surface area contributed by atoms with Crippen LogP contribution in [0.4, 0.5) is 0 Å². The monoisotopic (exact) mass is 373 g/mol. The van der Waals surface area contributed by atoms with Gasteiger partial charge in [-0.25, -0.2) is 8.42 Å². The fourth-order valence-electron chi connectivity index (χ4n) is 1.96. The molecule has 5 nitrogen and oxygen atoms in total. The van der Waals surface area contributed by atoms with Crippen molar-refractivity contribution in [2.75, 3.05) is 7.11 Å². The second-order valence-corrected chi connectivity index (χ2v) is 7.55. The molecule has 0 radical (unpaired) electrons. The van der Waals surface area contributed by atoms with Gasteiger partial charge in [-0.3, -0.25) is 4.79 Å². The maximum atomic E-state index is 12.1. The normalized spacial score (nSPS) is 11.1. The van der Waals surface area contributed by atoms with E-state index < -0.39 is 9.05 Å². The molecule has 0 spiro atoms. The van der Waals surface area contributed by atoms with E-state index in [4.69, 9.17) is 27.0 Å². The summed E-state index contributed by atoms with van der Waals surface area (Å²) in [6.45, 7) is 0.0630. The van der Waals surface area contributed by atoms with Gasteiger partial charge in [0, 0.05) is 22.8 Å². The van der Waals surface area contributed by atoms with Gasteiger partial charge < -0.3 is 10.1 Å². The van der Waals surface area contributed by atoms with Gasteiger partial charge in [-0.05, 0) is 30.3 Å². The largest absolute Gasteiger partial charge is 0.496 e. The molecule has 0 heterocycles. The fraction of sp³-hybridized carbons (Fsp3) is 0.133. The first-order valence-electron chi connectivity index (χ1n) is 6.47. The molecule has 1 amide bonds. The van der Waals surface area contributed by atoms with E-state index in [9.17, 15) is 13.2 Å². The van der Waals surface area contributed by atoms with E-state index in [0.29, 0.717) is 21.9 Å². The Morgan fingerprint density at radius 3 is 2.52 bits per heavy atom. The van der Waals surface area contributed by atoms with Crippen molar-refractivity contribution in [2.45, 2.75) is 11.4 Å². The average Bonchev–Trinajstić information content (AvgIpc) is 2.51. The summed E-state index contributed by atoms with van der Waals surface area (Å²) < 4.78 is 28.0. The third kappa shape index (κ3) is 4.37. The Labute approximate surface area is 143 Å². The van der Waals surface area contributed by atoms with Crippen molar-refractivity contribution in [3.8, 4) is 5.75 Å². The molecule has 122 valence electrons. The van der Waals surface area contributed by atoms with Crippen molar-refractivity contribution in [3.63, 3.8) is 0 Å². The zero-order valence-electron chi connectivity index (χ0n) is 12.0. The molecule has 1 N–H and O–H groups in total. The molecule has 2 aromatic carbocycles. The van der Waals surface area contributed by atoms with E-state index in [2.05, 4.69) is 5.32 Å². The first kappa shape index (κ1) is 17.6. The standard InChI is InChI=1S/C15H13Cl2NO4S/c1-22-14-7-6-11(23(17,20)21)8-10(14)9-18-15(19)12-4-2-3-5-13(12)16/h2-8H,9H2,1H3,(H,18,19). The highest BCUT2D eigenvalue weighted by Gasteiger charge is 2.15. The highest BCUT2D eigenvalue weighted by molar-refractivity contribution is 8.13. The van der Waals surface area contributed by atoms with Gasteiger partial charge in [-0.2, -0.15) is 0 Å². The van der Waals surface area contributed by atoms with Crippen molar-refractivity contribution >= 4 is 37.2 Å². The van der Waals surface area contributed by atoms with Crippen LogP contribution in [0.3, 0.4) is 0 Å². The third-order valence-corrected chi connectivity index (χ3v) is 4.77. The minimum Gasteiger partial charge on any atom is -0.496 e. The number of rotatable bonds is 5. The van der Waals surface area contributed by atoms with Crippen LogP contribution in [0.25, 0.3) is 0 Å². The molecule has 0 bridgehead atoms. The van der Waals surface area contributed by atoms with E-state index in [1.807, 2.05) is 0 Å². The first-order chi connectivity index (χ1) is 10.8. The SMILES string of the molecule is COc1ccc(S(=O)(=O)Cl)cc1CNC(=O)c1ccccc1Cl. The fourth-order valence-corrected chi connectivity index (χ4v) is 2.98.